The third-order valence-corrected chi connectivity index (χ3v) is 6.76. The van der Waals surface area contributed by atoms with E-state index in [4.69, 9.17) is 0 Å². The molecule has 0 saturated carbocycles. The molecule has 8 nitrogen and oxygen atoms in total. The first-order chi connectivity index (χ1) is 17.7. The van der Waals surface area contributed by atoms with Gasteiger partial charge < -0.3 is 21.2 Å². The molecule has 2 amide bonds. The molecular weight excluding hydrogens is 486 g/mol. The molecule has 2 aromatic heterocycles. The number of thiazole rings is 1. The van der Waals surface area contributed by atoms with Crippen LogP contribution < -0.4 is 16.1 Å². The SMILES string of the molecule is CCCC(O)CCC(C)CC.CNn1ccc(C(=O)NCC(=O)Nc2nc(-c3cccc(C)c3)cs2)c1. The number of rotatable bonds is 12. The van der Waals surface area contributed by atoms with Gasteiger partial charge in [0.05, 0.1) is 23.9 Å². The molecule has 37 heavy (non-hydrogen) atoms. The summed E-state index contributed by atoms with van der Waals surface area (Å²) >= 11 is 1.35. The number of aromatic nitrogens is 2. The van der Waals surface area contributed by atoms with Gasteiger partial charge in [0.2, 0.25) is 5.91 Å². The number of hydrogen-bond acceptors (Lipinski definition) is 6. The van der Waals surface area contributed by atoms with Crippen LogP contribution in [0.15, 0.2) is 48.1 Å². The van der Waals surface area contributed by atoms with E-state index in [9.17, 15) is 14.7 Å². The Bertz CT molecular complexity index is 1110. The lowest BCUT2D eigenvalue weighted by atomic mass is 9.99. The normalized spacial score (nSPS) is 12.2. The van der Waals surface area contributed by atoms with Crippen molar-refractivity contribution >= 4 is 28.3 Å². The van der Waals surface area contributed by atoms with Crippen LogP contribution >= 0.6 is 11.3 Å². The maximum atomic E-state index is 12.0. The van der Waals surface area contributed by atoms with Crippen LogP contribution in [0.3, 0.4) is 0 Å². The number of nitrogens with one attached hydrogen (secondary N) is 3. The summed E-state index contributed by atoms with van der Waals surface area (Å²) < 4.78 is 1.65. The molecule has 202 valence electrons. The first-order valence-corrected chi connectivity index (χ1v) is 13.8. The van der Waals surface area contributed by atoms with Crippen molar-refractivity contribution in [3.05, 3.63) is 59.2 Å². The van der Waals surface area contributed by atoms with Crippen molar-refractivity contribution in [2.75, 3.05) is 24.3 Å². The molecule has 2 heterocycles. The van der Waals surface area contributed by atoms with Crippen LogP contribution in [0.2, 0.25) is 0 Å². The number of carbonyl (C=O) groups is 2. The molecule has 0 aliphatic heterocycles. The van der Waals surface area contributed by atoms with E-state index in [0.717, 1.165) is 42.0 Å². The van der Waals surface area contributed by atoms with Gasteiger partial charge in [-0.15, -0.1) is 11.3 Å². The summed E-state index contributed by atoms with van der Waals surface area (Å²) in [4.78, 5) is 28.5. The molecule has 3 rings (SSSR count). The van der Waals surface area contributed by atoms with Crippen LogP contribution in [0.1, 0.15) is 68.8 Å². The second-order valence-corrected chi connectivity index (χ2v) is 10.1. The predicted molar refractivity (Wildman–Crippen MR) is 153 cm³/mol. The van der Waals surface area contributed by atoms with E-state index in [0.29, 0.717) is 10.7 Å². The minimum atomic E-state index is -0.323. The molecule has 0 bridgehead atoms. The van der Waals surface area contributed by atoms with Gasteiger partial charge in [0.1, 0.15) is 0 Å². The summed E-state index contributed by atoms with van der Waals surface area (Å²) in [6, 6.07) is 9.67. The maximum absolute atomic E-state index is 12.0. The average Bonchev–Trinajstić information content (AvgIpc) is 3.56. The maximum Gasteiger partial charge on any atom is 0.253 e. The van der Waals surface area contributed by atoms with Gasteiger partial charge in [-0.05, 0) is 44.2 Å². The minimum Gasteiger partial charge on any atom is -0.393 e. The van der Waals surface area contributed by atoms with Crippen LogP contribution in [0.25, 0.3) is 11.3 Å². The second kappa shape index (κ2) is 15.8. The van der Waals surface area contributed by atoms with E-state index in [1.54, 1.807) is 30.2 Å². The number of nitrogens with zero attached hydrogens (tertiary/aromatic N) is 2. The van der Waals surface area contributed by atoms with Crippen LogP contribution in [0, 0.1) is 12.8 Å². The molecule has 0 spiro atoms. The van der Waals surface area contributed by atoms with Gasteiger partial charge in [-0.1, -0.05) is 57.4 Å². The van der Waals surface area contributed by atoms with Crippen molar-refractivity contribution in [1.82, 2.24) is 15.0 Å². The molecule has 2 unspecified atom stereocenters. The summed E-state index contributed by atoms with van der Waals surface area (Å²) in [6.45, 7) is 8.47. The van der Waals surface area contributed by atoms with E-state index in [1.807, 2.05) is 36.6 Å². The summed E-state index contributed by atoms with van der Waals surface area (Å²) in [6.07, 6.45) is 8.78. The van der Waals surface area contributed by atoms with Crippen molar-refractivity contribution in [3.63, 3.8) is 0 Å². The predicted octanol–water partition coefficient (Wildman–Crippen LogP) is 5.44. The zero-order valence-electron chi connectivity index (χ0n) is 22.6. The molecule has 4 N–H and O–H groups in total. The van der Waals surface area contributed by atoms with Gasteiger partial charge in [-0.25, -0.2) is 4.98 Å². The molecule has 0 aliphatic carbocycles. The largest absolute Gasteiger partial charge is 0.393 e. The molecule has 0 aliphatic rings. The molecule has 0 saturated heterocycles. The van der Waals surface area contributed by atoms with Gasteiger partial charge in [0.15, 0.2) is 5.13 Å². The van der Waals surface area contributed by atoms with Crippen molar-refractivity contribution in [2.45, 2.75) is 65.9 Å². The Morgan fingerprint density at radius 1 is 1.16 bits per heavy atom. The lowest BCUT2D eigenvalue weighted by Gasteiger charge is -2.12. The minimum absolute atomic E-state index is 0.0472. The Morgan fingerprint density at radius 3 is 2.59 bits per heavy atom. The van der Waals surface area contributed by atoms with Crippen molar-refractivity contribution in [3.8, 4) is 11.3 Å². The Morgan fingerprint density at radius 2 is 1.95 bits per heavy atom. The zero-order chi connectivity index (χ0) is 27.2. The quantitative estimate of drug-likeness (QED) is 0.251. The molecule has 2 atom stereocenters. The first kappa shape index (κ1) is 30.1. The molecule has 1 aromatic carbocycles. The number of amides is 2. The summed E-state index contributed by atoms with van der Waals surface area (Å²) in [5.41, 5.74) is 6.31. The zero-order valence-corrected chi connectivity index (χ0v) is 23.4. The Kier molecular flexibility index (Phi) is 12.9. The highest BCUT2D eigenvalue weighted by atomic mass is 32.1. The second-order valence-electron chi connectivity index (χ2n) is 9.20. The van der Waals surface area contributed by atoms with Gasteiger partial charge in [-0.2, -0.15) is 0 Å². The highest BCUT2D eigenvalue weighted by Gasteiger charge is 2.12. The average molecular weight is 528 g/mol. The molecule has 0 radical (unpaired) electrons. The first-order valence-electron chi connectivity index (χ1n) is 12.9. The Balaban J connectivity index is 0.000000371. The highest BCUT2D eigenvalue weighted by molar-refractivity contribution is 7.14. The Labute approximate surface area is 224 Å². The molecule has 3 aromatic rings. The van der Waals surface area contributed by atoms with Crippen LogP contribution in [-0.4, -0.2) is 46.3 Å². The Hall–Kier alpha value is -3.17. The number of carbonyl (C=O) groups excluding carboxylic acids is 2. The van der Waals surface area contributed by atoms with E-state index in [1.165, 1.54) is 24.2 Å². The van der Waals surface area contributed by atoms with Crippen molar-refractivity contribution in [1.29, 1.82) is 0 Å². The number of aliphatic hydroxyl groups excluding tert-OH is 1. The lowest BCUT2D eigenvalue weighted by Crippen LogP contribution is -2.32. The number of benzene rings is 1. The van der Waals surface area contributed by atoms with Gasteiger partial charge >= 0.3 is 0 Å². The fourth-order valence-corrected chi connectivity index (χ4v) is 4.26. The highest BCUT2D eigenvalue weighted by Crippen LogP contribution is 2.25. The van der Waals surface area contributed by atoms with E-state index >= 15 is 0 Å². The van der Waals surface area contributed by atoms with Crippen LogP contribution in [0.5, 0.6) is 0 Å². The van der Waals surface area contributed by atoms with E-state index in [2.05, 4.69) is 41.8 Å². The molecule has 0 fully saturated rings. The van der Waals surface area contributed by atoms with Crippen LogP contribution in [-0.2, 0) is 4.79 Å². The van der Waals surface area contributed by atoms with Gasteiger partial charge in [0.25, 0.3) is 5.91 Å². The van der Waals surface area contributed by atoms with Crippen molar-refractivity contribution < 1.29 is 14.7 Å². The number of anilines is 1. The van der Waals surface area contributed by atoms with Crippen LogP contribution in [0.4, 0.5) is 5.13 Å². The number of hydrogen-bond donors (Lipinski definition) is 4. The number of aryl methyl sites for hydroxylation is 1. The molecular formula is C28H41N5O3S. The molecule has 9 heteroatoms. The standard InChI is InChI=1S/C18H19N5O2S.C10H22O/c1-12-4-3-5-13(8-12)15-11-26-18(21-15)22-16(24)9-20-17(25)14-6-7-23(10-14)19-2;1-4-6-10(11)8-7-9(3)5-2/h3-8,10-11,19H,9H2,1-2H3,(H,20,25)(H,21,22,24);9-11H,4-8H2,1-3H3. The topological polar surface area (TPSA) is 108 Å². The van der Waals surface area contributed by atoms with Gasteiger partial charge in [-0.3, -0.25) is 14.3 Å². The summed E-state index contributed by atoms with van der Waals surface area (Å²) in [7, 11) is 1.74. The van der Waals surface area contributed by atoms with Crippen molar-refractivity contribution in [2.24, 2.45) is 5.92 Å². The number of aliphatic hydroxyl groups is 1. The van der Waals surface area contributed by atoms with E-state index in [-0.39, 0.29) is 24.5 Å². The third kappa shape index (κ3) is 10.8. The fraction of sp³-hybridized carbons (Fsp3) is 0.464. The fourth-order valence-electron chi connectivity index (χ4n) is 3.52. The summed E-state index contributed by atoms with van der Waals surface area (Å²) in [5.74, 6) is 0.145. The lowest BCUT2D eigenvalue weighted by molar-refractivity contribution is -0.115. The third-order valence-electron chi connectivity index (χ3n) is 6.00. The van der Waals surface area contributed by atoms with E-state index < -0.39 is 0 Å². The monoisotopic (exact) mass is 527 g/mol. The smallest absolute Gasteiger partial charge is 0.253 e. The van der Waals surface area contributed by atoms with Gasteiger partial charge in [0, 0.05) is 30.4 Å². The summed E-state index contributed by atoms with van der Waals surface area (Å²) in [5, 5.41) is 17.1.